The molecule has 3 heterocycles. The van der Waals surface area contributed by atoms with Crippen LogP contribution in [-0.2, 0) is 4.74 Å². The molecule has 4 rings (SSSR count). The lowest BCUT2D eigenvalue weighted by atomic mass is 10.2. The summed E-state index contributed by atoms with van der Waals surface area (Å²) in [6.07, 6.45) is 1.22. The average Bonchev–Trinajstić information content (AvgIpc) is 3.34. The minimum Gasteiger partial charge on any atom is -0.471 e. The third-order valence-electron chi connectivity index (χ3n) is 4.51. The maximum Gasteiger partial charge on any atom is 0.414 e. The van der Waals surface area contributed by atoms with E-state index in [1.54, 1.807) is 18.2 Å². The zero-order valence-electron chi connectivity index (χ0n) is 14.0. The van der Waals surface area contributed by atoms with Crippen LogP contribution in [0.2, 0.25) is 0 Å². The number of rotatable bonds is 5. The van der Waals surface area contributed by atoms with E-state index < -0.39 is 12.2 Å². The van der Waals surface area contributed by atoms with Gasteiger partial charge in [-0.2, -0.15) is 0 Å². The number of amides is 1. The van der Waals surface area contributed by atoms with Gasteiger partial charge in [0.05, 0.1) is 17.9 Å². The molecule has 1 amide bonds. The first kappa shape index (κ1) is 16.6. The van der Waals surface area contributed by atoms with E-state index >= 15 is 0 Å². The zero-order chi connectivity index (χ0) is 18.1. The lowest BCUT2D eigenvalue weighted by molar-refractivity contribution is 0.102. The summed E-state index contributed by atoms with van der Waals surface area (Å²) in [5.74, 6) is -0.0644. The van der Waals surface area contributed by atoms with E-state index in [9.17, 15) is 9.18 Å². The average molecular weight is 362 g/mol. The van der Waals surface area contributed by atoms with Crippen LogP contribution in [0.25, 0.3) is 0 Å². The number of nitrogens with zero attached hydrogens (tertiary/aromatic N) is 3. The van der Waals surface area contributed by atoms with Crippen LogP contribution in [0, 0.1) is 5.82 Å². The van der Waals surface area contributed by atoms with Gasteiger partial charge in [-0.1, -0.05) is 0 Å². The minimum absolute atomic E-state index is 0.0631. The summed E-state index contributed by atoms with van der Waals surface area (Å²) in [7, 11) is 0. The number of aromatic nitrogens is 1. The number of ether oxygens (including phenoxy) is 2. The third kappa shape index (κ3) is 3.30. The van der Waals surface area contributed by atoms with E-state index in [-0.39, 0.29) is 25.0 Å². The van der Waals surface area contributed by atoms with Crippen molar-refractivity contribution in [3.05, 3.63) is 36.3 Å². The molecule has 26 heavy (non-hydrogen) atoms. The number of nitrogens with two attached hydrogens (primary N) is 1. The van der Waals surface area contributed by atoms with Crippen LogP contribution in [-0.4, -0.2) is 49.6 Å². The number of hydrogen-bond donors (Lipinski definition) is 1. The first-order chi connectivity index (χ1) is 12.6. The van der Waals surface area contributed by atoms with Crippen LogP contribution in [0.1, 0.15) is 6.42 Å². The molecule has 0 bridgehead atoms. The van der Waals surface area contributed by atoms with Gasteiger partial charge in [-0.3, -0.25) is 4.90 Å². The summed E-state index contributed by atoms with van der Waals surface area (Å²) < 4.78 is 29.9. The molecule has 2 atom stereocenters. The van der Waals surface area contributed by atoms with Gasteiger partial charge in [-0.15, -0.1) is 0 Å². The molecule has 1 aromatic carbocycles. The molecule has 2 saturated heterocycles. The summed E-state index contributed by atoms with van der Waals surface area (Å²) in [5.41, 5.74) is 6.83. The summed E-state index contributed by atoms with van der Waals surface area (Å²) in [5, 5.41) is 3.62. The molecule has 8 nitrogen and oxygen atoms in total. The topological polar surface area (TPSA) is 94.1 Å². The van der Waals surface area contributed by atoms with Gasteiger partial charge in [0.25, 0.3) is 5.88 Å². The van der Waals surface area contributed by atoms with Crippen molar-refractivity contribution in [1.82, 2.24) is 5.16 Å². The van der Waals surface area contributed by atoms with Crippen molar-refractivity contribution in [1.29, 1.82) is 0 Å². The van der Waals surface area contributed by atoms with Gasteiger partial charge in [0.15, 0.2) is 6.10 Å². The largest absolute Gasteiger partial charge is 0.471 e. The van der Waals surface area contributed by atoms with Crippen molar-refractivity contribution < 1.29 is 23.2 Å². The quantitative estimate of drug-likeness (QED) is 0.866. The Balaban J connectivity index is 1.42. The first-order valence-corrected chi connectivity index (χ1v) is 8.41. The van der Waals surface area contributed by atoms with Crippen molar-refractivity contribution in [2.45, 2.75) is 18.6 Å². The van der Waals surface area contributed by atoms with Gasteiger partial charge in [-0.25, -0.2) is 9.18 Å². The molecule has 1 aromatic heterocycles. The zero-order valence-corrected chi connectivity index (χ0v) is 14.0. The lowest BCUT2D eigenvalue weighted by Crippen LogP contribution is -2.28. The molecule has 2 N–H and O–H groups in total. The molecule has 0 aliphatic carbocycles. The molecule has 9 heteroatoms. The molecule has 138 valence electrons. The summed E-state index contributed by atoms with van der Waals surface area (Å²) in [4.78, 5) is 15.4. The van der Waals surface area contributed by atoms with E-state index in [4.69, 9.17) is 15.2 Å². The predicted octanol–water partition coefficient (Wildman–Crippen LogP) is 1.76. The van der Waals surface area contributed by atoms with E-state index in [0.29, 0.717) is 23.8 Å². The minimum atomic E-state index is -0.533. The SMILES string of the molecule is N[C@@H]1CCN(c2ccc(N3CC(COc4ccon4)OC3=O)cc2F)C1. The van der Waals surface area contributed by atoms with Gasteiger partial charge in [-0.05, 0) is 29.8 Å². The number of anilines is 2. The molecule has 0 radical (unpaired) electrons. The van der Waals surface area contributed by atoms with Crippen LogP contribution in [0.4, 0.5) is 20.6 Å². The standard InChI is InChI=1S/C17H19FN4O4/c18-14-7-12(1-2-15(14)21-5-3-11(19)8-21)22-9-13(26-17(22)23)10-24-16-4-6-25-20-16/h1-2,4,6-7,11,13H,3,5,8-10,19H2/t11-,13?/m1/s1. The second kappa shape index (κ2) is 6.83. The smallest absolute Gasteiger partial charge is 0.414 e. The molecule has 0 saturated carbocycles. The predicted molar refractivity (Wildman–Crippen MR) is 90.8 cm³/mol. The van der Waals surface area contributed by atoms with Crippen LogP contribution in [0.15, 0.2) is 35.1 Å². The van der Waals surface area contributed by atoms with Gasteiger partial charge >= 0.3 is 6.09 Å². The molecule has 0 spiro atoms. The fourth-order valence-electron chi connectivity index (χ4n) is 3.20. The molecule has 2 aliphatic rings. The molecular weight excluding hydrogens is 343 g/mol. The van der Waals surface area contributed by atoms with Gasteiger partial charge in [0, 0.05) is 25.2 Å². The van der Waals surface area contributed by atoms with Crippen molar-refractivity contribution >= 4 is 17.5 Å². The first-order valence-electron chi connectivity index (χ1n) is 8.41. The summed E-state index contributed by atoms with van der Waals surface area (Å²) in [6.45, 7) is 1.76. The second-order valence-corrected chi connectivity index (χ2v) is 6.40. The Bertz CT molecular complexity index is 785. The molecular formula is C17H19FN4O4. The number of cyclic esters (lactones) is 1. The van der Waals surface area contributed by atoms with Gasteiger partial charge in [0.2, 0.25) is 0 Å². The highest BCUT2D eigenvalue weighted by atomic mass is 19.1. The number of halogens is 1. The normalized spacial score (nSPS) is 22.8. The van der Waals surface area contributed by atoms with Crippen LogP contribution < -0.4 is 20.3 Å². The highest BCUT2D eigenvalue weighted by Gasteiger charge is 2.33. The van der Waals surface area contributed by atoms with Crippen LogP contribution in [0.3, 0.4) is 0 Å². The van der Waals surface area contributed by atoms with Crippen LogP contribution >= 0.6 is 0 Å². The highest BCUT2D eigenvalue weighted by molar-refractivity contribution is 5.90. The van der Waals surface area contributed by atoms with E-state index in [2.05, 4.69) is 9.68 Å². The second-order valence-electron chi connectivity index (χ2n) is 6.40. The fraction of sp³-hybridized carbons (Fsp3) is 0.412. The maximum atomic E-state index is 14.5. The van der Waals surface area contributed by atoms with Gasteiger partial charge < -0.3 is 24.6 Å². The number of carbonyl (C=O) groups excluding carboxylic acids is 1. The summed E-state index contributed by atoms with van der Waals surface area (Å²) in [6, 6.07) is 6.36. The number of hydrogen-bond acceptors (Lipinski definition) is 7. The monoisotopic (exact) mass is 362 g/mol. The Hall–Kier alpha value is -2.81. The molecule has 2 aromatic rings. The maximum absolute atomic E-state index is 14.5. The lowest BCUT2D eigenvalue weighted by Gasteiger charge is -2.20. The molecule has 1 unspecified atom stereocenters. The highest BCUT2D eigenvalue weighted by Crippen LogP contribution is 2.29. The van der Waals surface area contributed by atoms with Crippen molar-refractivity contribution in [3.8, 4) is 5.88 Å². The van der Waals surface area contributed by atoms with E-state index in [1.165, 1.54) is 17.2 Å². The third-order valence-corrected chi connectivity index (χ3v) is 4.51. The van der Waals surface area contributed by atoms with Crippen molar-refractivity contribution in [2.24, 2.45) is 5.73 Å². The Morgan fingerprint density at radius 1 is 1.35 bits per heavy atom. The Labute approximate surface area is 149 Å². The van der Waals surface area contributed by atoms with Crippen molar-refractivity contribution in [3.63, 3.8) is 0 Å². The van der Waals surface area contributed by atoms with Gasteiger partial charge in [0.1, 0.15) is 18.7 Å². The van der Waals surface area contributed by atoms with E-state index in [0.717, 1.165) is 13.0 Å². The molecule has 2 fully saturated rings. The Kier molecular flexibility index (Phi) is 4.37. The summed E-state index contributed by atoms with van der Waals surface area (Å²) >= 11 is 0. The van der Waals surface area contributed by atoms with Crippen molar-refractivity contribution in [2.75, 3.05) is 36.0 Å². The Morgan fingerprint density at radius 2 is 2.23 bits per heavy atom. The molecule has 2 aliphatic heterocycles. The Morgan fingerprint density at radius 3 is 2.92 bits per heavy atom. The van der Waals surface area contributed by atoms with E-state index in [1.807, 2.05) is 4.90 Å². The number of carbonyl (C=O) groups is 1. The number of benzene rings is 1. The van der Waals surface area contributed by atoms with Crippen LogP contribution in [0.5, 0.6) is 5.88 Å². The fourth-order valence-corrected chi connectivity index (χ4v) is 3.20.